The molecule has 0 bridgehead atoms. The highest BCUT2D eigenvalue weighted by molar-refractivity contribution is 7.19. The molecule has 0 fully saturated rings. The van der Waals surface area contributed by atoms with Crippen LogP contribution in [-0.4, -0.2) is 19.8 Å². The minimum Gasteiger partial charge on any atom is -0.182 e. The smallest absolute Gasteiger partial charge is 0.182 e. The minimum absolute atomic E-state index is 0.0565. The lowest BCUT2D eigenvalue weighted by Gasteiger charge is -2.25. The zero-order valence-electron chi connectivity index (χ0n) is 17.6. The largest absolute Gasteiger partial charge is 0.235 e. The maximum atomic E-state index is 6.16. The minimum atomic E-state index is 0.0565. The summed E-state index contributed by atoms with van der Waals surface area (Å²) in [6.07, 6.45) is 0. The van der Waals surface area contributed by atoms with Crippen LogP contribution in [0, 0.1) is 0 Å². The first-order valence-corrected chi connectivity index (χ1v) is 10.9. The molecule has 0 atom stereocenters. The Balaban J connectivity index is 1.87. The van der Waals surface area contributed by atoms with Gasteiger partial charge in [-0.05, 0) is 46.2 Å². The summed E-state index contributed by atoms with van der Waals surface area (Å²) in [4.78, 5) is 0.772. The van der Waals surface area contributed by atoms with Gasteiger partial charge >= 0.3 is 0 Å². The van der Waals surface area contributed by atoms with E-state index in [9.17, 15) is 0 Å². The van der Waals surface area contributed by atoms with Crippen molar-refractivity contribution >= 4 is 27.9 Å². The Morgan fingerprint density at radius 2 is 1.48 bits per heavy atom. The molecule has 0 aliphatic carbocycles. The lowest BCUT2D eigenvalue weighted by molar-refractivity contribution is 0.569. The summed E-state index contributed by atoms with van der Waals surface area (Å²) in [5, 5.41) is 15.1. The number of aromatic nitrogens is 4. The Labute approximate surface area is 180 Å². The molecule has 0 aliphatic rings. The van der Waals surface area contributed by atoms with Gasteiger partial charge in [-0.15, -0.1) is 10.2 Å². The van der Waals surface area contributed by atoms with E-state index in [4.69, 9.17) is 16.7 Å². The molecule has 2 aromatic carbocycles. The van der Waals surface area contributed by atoms with Gasteiger partial charge in [-0.1, -0.05) is 82.7 Å². The van der Waals surface area contributed by atoms with Gasteiger partial charge in [0.05, 0.1) is 0 Å². The highest BCUT2D eigenvalue weighted by atomic mass is 35.5. The summed E-state index contributed by atoms with van der Waals surface area (Å²) in [6.45, 7) is 13.5. The summed E-state index contributed by atoms with van der Waals surface area (Å²) >= 11 is 7.71. The molecule has 0 spiro atoms. The van der Waals surface area contributed by atoms with Crippen LogP contribution >= 0.6 is 22.9 Å². The van der Waals surface area contributed by atoms with Crippen LogP contribution in [0.3, 0.4) is 0 Å². The molecular formula is C23H25ClN4S. The third-order valence-corrected chi connectivity index (χ3v) is 6.17. The van der Waals surface area contributed by atoms with Gasteiger partial charge in [-0.25, -0.2) is 0 Å². The van der Waals surface area contributed by atoms with E-state index < -0.39 is 0 Å². The lowest BCUT2D eigenvalue weighted by Crippen LogP contribution is -2.16. The van der Waals surface area contributed by atoms with Crippen molar-refractivity contribution in [3.8, 4) is 22.0 Å². The molecule has 0 saturated heterocycles. The highest BCUT2D eigenvalue weighted by Gasteiger charge is 2.22. The average Bonchev–Trinajstić information content (AvgIpc) is 3.20. The third kappa shape index (κ3) is 3.94. The second-order valence-electron chi connectivity index (χ2n) is 9.43. The summed E-state index contributed by atoms with van der Waals surface area (Å²) in [5.74, 6) is 0.702. The van der Waals surface area contributed by atoms with E-state index in [2.05, 4.69) is 69.9 Å². The summed E-state index contributed by atoms with van der Waals surface area (Å²) in [5.41, 5.74) is 4.75. The average molecular weight is 425 g/mol. The van der Waals surface area contributed by atoms with Crippen LogP contribution in [0.1, 0.15) is 52.7 Å². The Morgan fingerprint density at radius 3 is 2.07 bits per heavy atom. The van der Waals surface area contributed by atoms with Crippen molar-refractivity contribution in [2.24, 2.45) is 0 Å². The van der Waals surface area contributed by atoms with E-state index >= 15 is 0 Å². The first-order valence-electron chi connectivity index (χ1n) is 9.67. The molecule has 6 heteroatoms. The number of rotatable bonds is 2. The van der Waals surface area contributed by atoms with Crippen molar-refractivity contribution in [2.45, 2.75) is 52.4 Å². The van der Waals surface area contributed by atoms with Crippen molar-refractivity contribution < 1.29 is 0 Å². The van der Waals surface area contributed by atoms with Gasteiger partial charge in [0.2, 0.25) is 4.96 Å². The highest BCUT2D eigenvalue weighted by Crippen LogP contribution is 2.36. The molecule has 150 valence electrons. The summed E-state index contributed by atoms with van der Waals surface area (Å²) in [6, 6.07) is 14.4. The number of hydrogen-bond donors (Lipinski definition) is 0. The molecule has 4 rings (SSSR count). The number of benzene rings is 2. The first-order chi connectivity index (χ1) is 13.5. The fraction of sp³-hybridized carbons (Fsp3) is 0.348. The van der Waals surface area contributed by atoms with Crippen LogP contribution in [0.2, 0.25) is 5.02 Å². The van der Waals surface area contributed by atoms with Gasteiger partial charge < -0.3 is 0 Å². The fourth-order valence-electron chi connectivity index (χ4n) is 3.16. The van der Waals surface area contributed by atoms with Crippen molar-refractivity contribution in [2.75, 3.05) is 0 Å². The summed E-state index contributed by atoms with van der Waals surface area (Å²) in [7, 11) is 0. The molecule has 0 saturated carbocycles. The van der Waals surface area contributed by atoms with Crippen LogP contribution in [-0.2, 0) is 10.8 Å². The Bertz CT molecular complexity index is 1160. The normalized spacial score (nSPS) is 12.7. The van der Waals surface area contributed by atoms with E-state index in [1.54, 1.807) is 11.3 Å². The van der Waals surface area contributed by atoms with Gasteiger partial charge in [0.1, 0.15) is 5.01 Å². The molecule has 0 aliphatic heterocycles. The topological polar surface area (TPSA) is 43.1 Å². The quantitative estimate of drug-likeness (QED) is 0.356. The number of fused-ring (bicyclic) bond motifs is 1. The van der Waals surface area contributed by atoms with Crippen LogP contribution < -0.4 is 0 Å². The van der Waals surface area contributed by atoms with Crippen LogP contribution in [0.5, 0.6) is 0 Å². The van der Waals surface area contributed by atoms with Crippen molar-refractivity contribution in [3.05, 3.63) is 58.6 Å². The van der Waals surface area contributed by atoms with E-state index in [0.717, 1.165) is 21.1 Å². The predicted molar refractivity (Wildman–Crippen MR) is 122 cm³/mol. The molecule has 2 aromatic heterocycles. The van der Waals surface area contributed by atoms with E-state index in [-0.39, 0.29) is 10.8 Å². The van der Waals surface area contributed by atoms with Gasteiger partial charge in [-0.3, -0.25) is 0 Å². The van der Waals surface area contributed by atoms with Gasteiger partial charge in [0.25, 0.3) is 0 Å². The number of hydrogen-bond acceptors (Lipinski definition) is 4. The van der Waals surface area contributed by atoms with Gasteiger partial charge in [-0.2, -0.15) is 9.61 Å². The third-order valence-electron chi connectivity index (χ3n) is 4.99. The first kappa shape index (κ1) is 20.0. The zero-order chi connectivity index (χ0) is 21.0. The predicted octanol–water partition coefficient (Wildman–Crippen LogP) is 6.77. The number of nitrogens with zero attached hydrogens (tertiary/aromatic N) is 4. The van der Waals surface area contributed by atoms with Gasteiger partial charge in [0.15, 0.2) is 5.82 Å². The molecule has 4 nitrogen and oxygen atoms in total. The fourth-order valence-corrected chi connectivity index (χ4v) is 4.18. The lowest BCUT2D eigenvalue weighted by atomic mass is 9.79. The van der Waals surface area contributed by atoms with Crippen LogP contribution in [0.15, 0.2) is 42.5 Å². The SMILES string of the molecule is CC(C)(C)c1cc(-c2nn3c(-c4cccc(Cl)c4)nnc3s2)cc(C(C)(C)C)c1. The molecular weight excluding hydrogens is 400 g/mol. The molecule has 2 heterocycles. The summed E-state index contributed by atoms with van der Waals surface area (Å²) < 4.78 is 1.81. The molecule has 0 unspecified atom stereocenters. The molecule has 0 radical (unpaired) electrons. The van der Waals surface area contributed by atoms with Crippen molar-refractivity contribution in [3.63, 3.8) is 0 Å². The standard InChI is InChI=1S/C23H25ClN4S/c1-22(2,3)16-10-15(11-17(13-16)23(4,5)6)20-27-28-19(25-26-21(28)29-20)14-8-7-9-18(24)12-14/h7-13H,1-6H3. The Morgan fingerprint density at radius 1 is 0.828 bits per heavy atom. The monoisotopic (exact) mass is 424 g/mol. The second-order valence-corrected chi connectivity index (χ2v) is 10.8. The van der Waals surface area contributed by atoms with E-state index in [1.165, 1.54) is 11.1 Å². The Hall–Kier alpha value is -2.24. The van der Waals surface area contributed by atoms with Crippen LogP contribution in [0.4, 0.5) is 0 Å². The molecule has 4 aromatic rings. The maximum Gasteiger partial charge on any atom is 0.235 e. The van der Waals surface area contributed by atoms with Crippen molar-refractivity contribution in [1.29, 1.82) is 0 Å². The van der Waals surface area contributed by atoms with Crippen LogP contribution in [0.25, 0.3) is 26.9 Å². The van der Waals surface area contributed by atoms with Crippen molar-refractivity contribution in [1.82, 2.24) is 19.8 Å². The maximum absolute atomic E-state index is 6.16. The number of halogens is 1. The van der Waals surface area contributed by atoms with E-state index in [0.29, 0.717) is 10.8 Å². The Kier molecular flexibility index (Phi) is 4.79. The molecule has 0 amide bonds. The zero-order valence-corrected chi connectivity index (χ0v) is 19.2. The molecule has 0 N–H and O–H groups in total. The van der Waals surface area contributed by atoms with E-state index in [1.807, 2.05) is 28.8 Å². The molecule has 29 heavy (non-hydrogen) atoms. The second kappa shape index (κ2) is 6.92. The van der Waals surface area contributed by atoms with Gasteiger partial charge in [0, 0.05) is 16.1 Å².